The van der Waals surface area contributed by atoms with Crippen LogP contribution >= 0.6 is 36.4 Å². The highest BCUT2D eigenvalue weighted by Crippen LogP contribution is 2.37. The van der Waals surface area contributed by atoms with Gasteiger partial charge in [0.15, 0.2) is 0 Å². The van der Waals surface area contributed by atoms with Gasteiger partial charge in [0.1, 0.15) is 18.2 Å². The SMILES string of the molecule is CN(C)c1ccc(-c2ccc(Cl)cc2)c(COc2ccc(-c3nc4cc(C(=O)O)ccc4n3C3CCCCC3)cc2)c1.Cl.Cl. The van der Waals surface area contributed by atoms with Crippen LogP contribution in [-0.2, 0) is 6.61 Å². The van der Waals surface area contributed by atoms with Crippen LogP contribution in [0.5, 0.6) is 5.75 Å². The topological polar surface area (TPSA) is 67.6 Å². The molecule has 1 fully saturated rings. The number of benzene rings is 4. The molecular formula is C35H36Cl3N3O3. The fraction of sp³-hybridized carbons (Fsp3) is 0.257. The highest BCUT2D eigenvalue weighted by atomic mass is 35.5. The Morgan fingerprint density at radius 1 is 0.909 bits per heavy atom. The second kappa shape index (κ2) is 14.4. The number of hydrogen-bond donors (Lipinski definition) is 1. The monoisotopic (exact) mass is 651 g/mol. The Morgan fingerprint density at radius 2 is 1.59 bits per heavy atom. The molecule has 0 saturated heterocycles. The van der Waals surface area contributed by atoms with E-state index in [-0.39, 0.29) is 30.4 Å². The van der Waals surface area contributed by atoms with Crippen molar-refractivity contribution >= 4 is 59.1 Å². The third-order valence-electron chi connectivity index (χ3n) is 8.14. The van der Waals surface area contributed by atoms with Crippen LogP contribution in [0.15, 0.2) is 84.9 Å². The highest BCUT2D eigenvalue weighted by molar-refractivity contribution is 6.30. The van der Waals surface area contributed by atoms with Gasteiger partial charge in [-0.1, -0.05) is 49.1 Å². The minimum absolute atomic E-state index is 0. The smallest absolute Gasteiger partial charge is 0.335 e. The number of hydrogen-bond acceptors (Lipinski definition) is 4. The maximum atomic E-state index is 11.6. The van der Waals surface area contributed by atoms with Gasteiger partial charge in [0, 0.05) is 36.4 Å². The van der Waals surface area contributed by atoms with Crippen molar-refractivity contribution in [1.29, 1.82) is 0 Å². The quantitative estimate of drug-likeness (QED) is 0.181. The number of nitrogens with zero attached hydrogens (tertiary/aromatic N) is 3. The van der Waals surface area contributed by atoms with Crippen LogP contribution in [-0.4, -0.2) is 34.7 Å². The molecule has 1 aliphatic carbocycles. The first-order valence-electron chi connectivity index (χ1n) is 14.4. The third kappa shape index (κ3) is 6.99. The number of anilines is 1. The molecule has 0 bridgehead atoms. The maximum absolute atomic E-state index is 11.6. The molecule has 4 aromatic carbocycles. The largest absolute Gasteiger partial charge is 0.489 e. The lowest BCUT2D eigenvalue weighted by molar-refractivity contribution is 0.0697. The standard InChI is InChI=1S/C35H34ClN3O3.2ClH/c1-38(2)29-15-18-31(23-8-13-27(36)14-9-23)26(20-29)22-42-30-16-10-24(11-17-30)34-37-32-21-25(35(40)41)12-19-33(32)39(34)28-6-4-3-5-7-28;;/h8-21,28H,3-7,22H2,1-2H3,(H,40,41);2*1H. The van der Waals surface area contributed by atoms with Gasteiger partial charge in [-0.15, -0.1) is 24.8 Å². The Hall–Kier alpha value is -3.71. The second-order valence-electron chi connectivity index (χ2n) is 11.2. The molecule has 1 aliphatic rings. The molecule has 1 N–H and O–H groups in total. The molecule has 1 heterocycles. The van der Waals surface area contributed by atoms with Crippen molar-refractivity contribution in [2.24, 2.45) is 0 Å². The molecular weight excluding hydrogens is 617 g/mol. The first kappa shape index (κ1) is 33.2. The number of carboxylic acids is 1. The van der Waals surface area contributed by atoms with Crippen LogP contribution < -0.4 is 9.64 Å². The number of aromatic carboxylic acids is 1. The van der Waals surface area contributed by atoms with E-state index < -0.39 is 5.97 Å². The zero-order valence-corrected chi connectivity index (χ0v) is 27.1. The number of imidazole rings is 1. The fourth-order valence-corrected chi connectivity index (χ4v) is 6.02. The van der Waals surface area contributed by atoms with Gasteiger partial charge >= 0.3 is 5.97 Å². The lowest BCUT2D eigenvalue weighted by atomic mass is 9.95. The molecule has 0 amide bonds. The predicted octanol–water partition coefficient (Wildman–Crippen LogP) is 9.72. The van der Waals surface area contributed by atoms with Crippen LogP contribution in [0.3, 0.4) is 0 Å². The molecule has 5 aromatic rings. The molecule has 9 heteroatoms. The Labute approximate surface area is 275 Å². The lowest BCUT2D eigenvalue weighted by Crippen LogP contribution is -2.14. The number of halogens is 3. The van der Waals surface area contributed by atoms with Gasteiger partial charge in [0.2, 0.25) is 0 Å². The van der Waals surface area contributed by atoms with Crippen molar-refractivity contribution in [1.82, 2.24) is 9.55 Å². The highest BCUT2D eigenvalue weighted by Gasteiger charge is 2.23. The van der Waals surface area contributed by atoms with Gasteiger partial charge in [-0.2, -0.15) is 0 Å². The van der Waals surface area contributed by atoms with Crippen molar-refractivity contribution in [3.63, 3.8) is 0 Å². The van der Waals surface area contributed by atoms with E-state index in [1.165, 1.54) is 19.3 Å². The molecule has 6 nitrogen and oxygen atoms in total. The first-order chi connectivity index (χ1) is 20.4. The van der Waals surface area contributed by atoms with Gasteiger partial charge < -0.3 is 19.3 Å². The third-order valence-corrected chi connectivity index (χ3v) is 8.40. The van der Waals surface area contributed by atoms with Crippen molar-refractivity contribution in [2.45, 2.75) is 44.8 Å². The molecule has 0 spiro atoms. The normalized spacial score (nSPS) is 13.2. The minimum Gasteiger partial charge on any atom is -0.489 e. The molecule has 1 aromatic heterocycles. The number of fused-ring (bicyclic) bond motifs is 1. The molecule has 1 saturated carbocycles. The fourth-order valence-electron chi connectivity index (χ4n) is 5.89. The Bertz CT molecular complexity index is 1730. The Morgan fingerprint density at radius 3 is 2.25 bits per heavy atom. The number of aromatic nitrogens is 2. The van der Waals surface area contributed by atoms with Crippen LogP contribution in [0.25, 0.3) is 33.5 Å². The molecule has 230 valence electrons. The van der Waals surface area contributed by atoms with Crippen molar-refractivity contribution < 1.29 is 14.6 Å². The van der Waals surface area contributed by atoms with Gasteiger partial charge in [-0.3, -0.25) is 0 Å². The Balaban J connectivity index is 0.00000221. The molecule has 0 aliphatic heterocycles. The van der Waals surface area contributed by atoms with Crippen LogP contribution in [0.1, 0.15) is 54.1 Å². The van der Waals surface area contributed by atoms with Crippen LogP contribution in [0, 0.1) is 0 Å². The van der Waals surface area contributed by atoms with E-state index in [9.17, 15) is 9.90 Å². The summed E-state index contributed by atoms with van der Waals surface area (Å²) < 4.78 is 8.63. The average molecular weight is 653 g/mol. The molecule has 6 rings (SSSR count). The zero-order chi connectivity index (χ0) is 29.2. The van der Waals surface area contributed by atoms with Crippen molar-refractivity contribution in [3.8, 4) is 28.3 Å². The molecule has 44 heavy (non-hydrogen) atoms. The summed E-state index contributed by atoms with van der Waals surface area (Å²) in [7, 11) is 4.06. The molecule has 0 atom stereocenters. The van der Waals surface area contributed by atoms with E-state index in [0.717, 1.165) is 57.9 Å². The van der Waals surface area contributed by atoms with E-state index in [1.807, 2.05) is 68.7 Å². The van der Waals surface area contributed by atoms with Gasteiger partial charge in [0.25, 0.3) is 0 Å². The molecule has 0 radical (unpaired) electrons. The summed E-state index contributed by atoms with van der Waals surface area (Å²) in [4.78, 5) is 18.7. The van der Waals surface area contributed by atoms with Gasteiger partial charge in [-0.25, -0.2) is 9.78 Å². The van der Waals surface area contributed by atoms with Crippen molar-refractivity contribution in [2.75, 3.05) is 19.0 Å². The summed E-state index contributed by atoms with van der Waals surface area (Å²) in [5.74, 6) is 0.696. The minimum atomic E-state index is -0.942. The summed E-state index contributed by atoms with van der Waals surface area (Å²) in [5, 5.41) is 10.2. The van der Waals surface area contributed by atoms with E-state index in [0.29, 0.717) is 23.2 Å². The summed E-state index contributed by atoms with van der Waals surface area (Å²) in [5.41, 5.74) is 7.32. The average Bonchev–Trinajstić information content (AvgIpc) is 3.40. The number of ether oxygens (including phenoxy) is 1. The van der Waals surface area contributed by atoms with E-state index in [4.69, 9.17) is 21.3 Å². The van der Waals surface area contributed by atoms with E-state index >= 15 is 0 Å². The molecule has 0 unspecified atom stereocenters. The zero-order valence-electron chi connectivity index (χ0n) is 24.7. The first-order valence-corrected chi connectivity index (χ1v) is 14.8. The van der Waals surface area contributed by atoms with Gasteiger partial charge in [0.05, 0.1) is 16.6 Å². The summed E-state index contributed by atoms with van der Waals surface area (Å²) in [6.07, 6.45) is 5.84. The number of carbonyl (C=O) groups is 1. The maximum Gasteiger partial charge on any atom is 0.335 e. The summed E-state index contributed by atoms with van der Waals surface area (Å²) in [6.45, 7) is 0.414. The Kier molecular flexibility index (Phi) is 10.8. The van der Waals surface area contributed by atoms with E-state index in [2.05, 4.69) is 27.7 Å². The summed E-state index contributed by atoms with van der Waals surface area (Å²) >= 11 is 6.14. The number of carboxylic acid groups (broad SMARTS) is 1. The number of rotatable bonds is 8. The van der Waals surface area contributed by atoms with Gasteiger partial charge in [-0.05, 0) is 96.3 Å². The van der Waals surface area contributed by atoms with Crippen molar-refractivity contribution in [3.05, 3.63) is 101 Å². The predicted molar refractivity (Wildman–Crippen MR) is 184 cm³/mol. The van der Waals surface area contributed by atoms with Crippen LogP contribution in [0.4, 0.5) is 5.69 Å². The van der Waals surface area contributed by atoms with Crippen LogP contribution in [0.2, 0.25) is 5.02 Å². The second-order valence-corrected chi connectivity index (χ2v) is 11.6. The van der Waals surface area contributed by atoms with E-state index in [1.54, 1.807) is 12.1 Å². The lowest BCUT2D eigenvalue weighted by Gasteiger charge is -2.25. The summed E-state index contributed by atoms with van der Waals surface area (Å²) in [6, 6.07) is 28.0.